The zero-order chi connectivity index (χ0) is 12.0. The van der Waals surface area contributed by atoms with Gasteiger partial charge in [-0.25, -0.2) is 4.39 Å². The second kappa shape index (κ2) is 5.92. The summed E-state index contributed by atoms with van der Waals surface area (Å²) >= 11 is 0. The summed E-state index contributed by atoms with van der Waals surface area (Å²) in [7, 11) is 0. The molecule has 1 N–H and O–H groups in total. The molecule has 0 radical (unpaired) electrons. The number of terminal acetylenes is 1. The molecule has 0 aliphatic rings. The van der Waals surface area contributed by atoms with Crippen molar-refractivity contribution in [2.45, 2.75) is 19.8 Å². The first kappa shape index (κ1) is 12.3. The van der Waals surface area contributed by atoms with Gasteiger partial charge in [0.15, 0.2) is 0 Å². The largest absolute Gasteiger partial charge is 0.352 e. The van der Waals surface area contributed by atoms with Crippen LogP contribution in [0.15, 0.2) is 18.2 Å². The molecule has 3 heteroatoms. The van der Waals surface area contributed by atoms with E-state index in [9.17, 15) is 9.18 Å². The number of halogens is 1. The molecule has 0 unspecified atom stereocenters. The van der Waals surface area contributed by atoms with Crippen LogP contribution in [0.25, 0.3) is 0 Å². The van der Waals surface area contributed by atoms with Crippen LogP contribution in [0.3, 0.4) is 0 Å². The minimum absolute atomic E-state index is 0.268. The van der Waals surface area contributed by atoms with E-state index in [0.717, 1.165) is 6.42 Å². The number of nitrogens with one attached hydrogen (secondary N) is 1. The van der Waals surface area contributed by atoms with Crippen molar-refractivity contribution in [3.05, 3.63) is 35.1 Å². The highest BCUT2D eigenvalue weighted by Gasteiger charge is 2.06. The van der Waals surface area contributed by atoms with Crippen LogP contribution in [0.5, 0.6) is 0 Å². The normalized spacial score (nSPS) is 9.56. The molecule has 16 heavy (non-hydrogen) atoms. The predicted octanol–water partition coefficient (Wildman–Crippen LogP) is 2.28. The van der Waals surface area contributed by atoms with E-state index in [1.807, 2.05) is 0 Å². The first-order valence-electron chi connectivity index (χ1n) is 5.13. The van der Waals surface area contributed by atoms with E-state index in [0.29, 0.717) is 24.1 Å². The third kappa shape index (κ3) is 3.39. The van der Waals surface area contributed by atoms with E-state index in [-0.39, 0.29) is 11.7 Å². The molecule has 2 nitrogen and oxygen atoms in total. The number of carbonyl (C=O) groups excluding carboxylic acids is 1. The SMILES string of the molecule is C#CCCCNC(=O)c1ccc(C)c(F)c1. The van der Waals surface area contributed by atoms with Gasteiger partial charge in [0.25, 0.3) is 5.91 Å². The molecule has 0 bridgehead atoms. The molecule has 0 heterocycles. The molecule has 0 saturated heterocycles. The Kier molecular flexibility index (Phi) is 4.53. The Morgan fingerprint density at radius 1 is 1.56 bits per heavy atom. The summed E-state index contributed by atoms with van der Waals surface area (Å²) in [6, 6.07) is 4.44. The average Bonchev–Trinajstić information content (AvgIpc) is 2.28. The van der Waals surface area contributed by atoms with Gasteiger partial charge in [0.05, 0.1) is 0 Å². The number of unbranched alkanes of at least 4 members (excludes halogenated alkanes) is 1. The lowest BCUT2D eigenvalue weighted by Crippen LogP contribution is -2.24. The molecule has 84 valence electrons. The second-order valence-electron chi connectivity index (χ2n) is 3.53. The fourth-order valence-electron chi connectivity index (χ4n) is 1.23. The molecule has 1 rings (SSSR count). The summed E-state index contributed by atoms with van der Waals surface area (Å²) in [6.07, 6.45) is 6.44. The molecular formula is C13H14FNO. The number of rotatable bonds is 4. The van der Waals surface area contributed by atoms with Crippen LogP contribution < -0.4 is 5.32 Å². The summed E-state index contributed by atoms with van der Waals surface area (Å²) < 4.78 is 13.2. The molecule has 0 spiro atoms. The van der Waals surface area contributed by atoms with Crippen molar-refractivity contribution in [3.8, 4) is 12.3 Å². The monoisotopic (exact) mass is 219 g/mol. The summed E-state index contributed by atoms with van der Waals surface area (Å²) in [6.45, 7) is 2.17. The van der Waals surface area contributed by atoms with Crippen LogP contribution in [-0.4, -0.2) is 12.5 Å². The van der Waals surface area contributed by atoms with E-state index in [1.54, 1.807) is 19.1 Å². The predicted molar refractivity (Wildman–Crippen MR) is 61.5 cm³/mol. The molecular weight excluding hydrogens is 205 g/mol. The van der Waals surface area contributed by atoms with Crippen LogP contribution in [0.1, 0.15) is 28.8 Å². The fourth-order valence-corrected chi connectivity index (χ4v) is 1.23. The zero-order valence-corrected chi connectivity index (χ0v) is 9.22. The number of aryl methyl sites for hydroxylation is 1. The fraction of sp³-hybridized carbons (Fsp3) is 0.308. The van der Waals surface area contributed by atoms with Gasteiger partial charge in [-0.1, -0.05) is 6.07 Å². The average molecular weight is 219 g/mol. The van der Waals surface area contributed by atoms with E-state index < -0.39 is 0 Å². The highest BCUT2D eigenvalue weighted by molar-refractivity contribution is 5.94. The Labute approximate surface area is 94.9 Å². The minimum Gasteiger partial charge on any atom is -0.352 e. The van der Waals surface area contributed by atoms with Gasteiger partial charge in [-0.05, 0) is 31.0 Å². The van der Waals surface area contributed by atoms with Crippen molar-refractivity contribution in [3.63, 3.8) is 0 Å². The first-order valence-corrected chi connectivity index (χ1v) is 5.13. The highest BCUT2D eigenvalue weighted by atomic mass is 19.1. The van der Waals surface area contributed by atoms with Crippen molar-refractivity contribution < 1.29 is 9.18 Å². The van der Waals surface area contributed by atoms with Crippen LogP contribution in [0.4, 0.5) is 4.39 Å². The maximum atomic E-state index is 13.2. The van der Waals surface area contributed by atoms with Crippen LogP contribution >= 0.6 is 0 Å². The molecule has 1 amide bonds. The van der Waals surface area contributed by atoms with Gasteiger partial charge >= 0.3 is 0 Å². The van der Waals surface area contributed by atoms with Crippen LogP contribution in [0.2, 0.25) is 0 Å². The van der Waals surface area contributed by atoms with Gasteiger partial charge in [-0.2, -0.15) is 0 Å². The highest BCUT2D eigenvalue weighted by Crippen LogP contribution is 2.08. The van der Waals surface area contributed by atoms with Crippen molar-refractivity contribution in [1.82, 2.24) is 5.32 Å². The Morgan fingerprint density at radius 2 is 2.31 bits per heavy atom. The lowest BCUT2D eigenvalue weighted by atomic mass is 10.1. The molecule has 0 aromatic heterocycles. The molecule has 1 aromatic carbocycles. The Bertz CT molecular complexity index is 420. The summed E-state index contributed by atoms with van der Waals surface area (Å²) in [5.41, 5.74) is 0.868. The first-order chi connectivity index (χ1) is 7.65. The Morgan fingerprint density at radius 3 is 2.94 bits per heavy atom. The van der Waals surface area contributed by atoms with Gasteiger partial charge in [-0.15, -0.1) is 12.3 Å². The van der Waals surface area contributed by atoms with Gasteiger partial charge in [0.1, 0.15) is 5.82 Å². The third-order valence-electron chi connectivity index (χ3n) is 2.22. The molecule has 0 saturated carbocycles. The number of amides is 1. The van der Waals surface area contributed by atoms with Crippen LogP contribution in [-0.2, 0) is 0 Å². The Balaban J connectivity index is 2.53. The van der Waals surface area contributed by atoms with E-state index in [1.165, 1.54) is 6.07 Å². The molecule has 0 aliphatic heterocycles. The third-order valence-corrected chi connectivity index (χ3v) is 2.22. The molecule has 0 atom stereocenters. The number of hydrogen-bond donors (Lipinski definition) is 1. The lowest BCUT2D eigenvalue weighted by molar-refractivity contribution is 0.0953. The smallest absolute Gasteiger partial charge is 0.251 e. The number of benzene rings is 1. The maximum absolute atomic E-state index is 13.2. The second-order valence-corrected chi connectivity index (χ2v) is 3.53. The van der Waals surface area contributed by atoms with Crippen molar-refractivity contribution in [1.29, 1.82) is 0 Å². The van der Waals surface area contributed by atoms with Crippen molar-refractivity contribution in [2.75, 3.05) is 6.54 Å². The standard InChI is InChI=1S/C13H14FNO/c1-3-4-5-8-15-13(16)11-7-6-10(2)12(14)9-11/h1,6-7,9H,4-5,8H2,2H3,(H,15,16). The van der Waals surface area contributed by atoms with E-state index in [4.69, 9.17) is 6.42 Å². The zero-order valence-electron chi connectivity index (χ0n) is 9.22. The maximum Gasteiger partial charge on any atom is 0.251 e. The summed E-state index contributed by atoms with van der Waals surface area (Å²) in [5, 5.41) is 2.68. The van der Waals surface area contributed by atoms with Crippen molar-refractivity contribution in [2.24, 2.45) is 0 Å². The van der Waals surface area contributed by atoms with E-state index >= 15 is 0 Å². The minimum atomic E-state index is -0.365. The van der Waals surface area contributed by atoms with Crippen molar-refractivity contribution >= 4 is 5.91 Å². The molecule has 1 aromatic rings. The van der Waals surface area contributed by atoms with E-state index in [2.05, 4.69) is 11.2 Å². The topological polar surface area (TPSA) is 29.1 Å². The molecule has 0 fully saturated rings. The van der Waals surface area contributed by atoms with Gasteiger partial charge < -0.3 is 5.32 Å². The summed E-state index contributed by atoms with van der Waals surface area (Å²) in [4.78, 5) is 11.5. The quantitative estimate of drug-likeness (QED) is 0.611. The molecule has 0 aliphatic carbocycles. The number of hydrogen-bond acceptors (Lipinski definition) is 1. The van der Waals surface area contributed by atoms with Gasteiger partial charge in [0, 0.05) is 18.5 Å². The Hall–Kier alpha value is -1.82. The van der Waals surface area contributed by atoms with Gasteiger partial charge in [-0.3, -0.25) is 4.79 Å². The summed E-state index contributed by atoms with van der Waals surface area (Å²) in [5.74, 6) is 1.85. The lowest BCUT2D eigenvalue weighted by Gasteiger charge is -2.04. The van der Waals surface area contributed by atoms with Gasteiger partial charge in [0.2, 0.25) is 0 Å². The number of carbonyl (C=O) groups is 1. The van der Waals surface area contributed by atoms with Crippen LogP contribution in [0, 0.1) is 25.1 Å².